The topological polar surface area (TPSA) is 61.9 Å². The Morgan fingerprint density at radius 2 is 1.69 bits per heavy atom. The number of methoxy groups -OCH3 is 1. The van der Waals surface area contributed by atoms with Crippen LogP contribution >= 0.6 is 11.3 Å². The molecule has 6 nitrogen and oxygen atoms in total. The van der Waals surface area contributed by atoms with E-state index in [9.17, 15) is 9.59 Å². The Labute approximate surface area is 235 Å². The number of amides is 1. The number of rotatable bonds is 7. The summed E-state index contributed by atoms with van der Waals surface area (Å²) in [6.45, 7) is 9.57. The van der Waals surface area contributed by atoms with Gasteiger partial charge in [0.15, 0.2) is 0 Å². The van der Waals surface area contributed by atoms with E-state index < -0.39 is 0 Å². The number of piperazine rings is 1. The minimum atomic E-state index is -0.305. The smallest absolute Gasteiger partial charge is 0.337 e. The molecule has 39 heavy (non-hydrogen) atoms. The maximum absolute atomic E-state index is 12.9. The molecule has 0 saturated carbocycles. The quantitative estimate of drug-likeness (QED) is 0.342. The van der Waals surface area contributed by atoms with Gasteiger partial charge in [0.25, 0.3) is 5.91 Å². The number of ether oxygens (including phenoxy) is 1. The summed E-state index contributed by atoms with van der Waals surface area (Å²) in [4.78, 5) is 30.8. The number of para-hydroxylation sites is 1. The standard InChI is InChI=1S/C32H37N3O3S/c1-32(2)14-13-24(21-34-15-17-35(18-16-34)27-11-9-23(10-12-27)31(37)38-3)28(20-32)29-19-25(22-39-29)30(36)33-26-7-5-4-6-8-26/h4-12,19,22H,13-18,20-21H2,1-3H3,(H,33,36). The highest BCUT2D eigenvalue weighted by molar-refractivity contribution is 7.11. The highest BCUT2D eigenvalue weighted by Gasteiger charge is 2.30. The molecule has 2 aromatic carbocycles. The van der Waals surface area contributed by atoms with Gasteiger partial charge in [-0.1, -0.05) is 37.6 Å². The molecular formula is C32H37N3O3S. The third-order valence-corrected chi connectivity index (χ3v) is 8.81. The molecule has 1 N–H and O–H groups in total. The molecule has 0 atom stereocenters. The fourth-order valence-corrected chi connectivity index (χ4v) is 6.45. The van der Waals surface area contributed by atoms with E-state index in [1.807, 2.05) is 60.0 Å². The SMILES string of the molecule is COC(=O)c1ccc(N2CCN(CC3=C(c4cc(C(=O)Nc5ccccc5)cs4)CC(C)(C)CC3)CC2)cc1. The van der Waals surface area contributed by atoms with Gasteiger partial charge in [0, 0.05) is 54.4 Å². The van der Waals surface area contributed by atoms with Crippen molar-refractivity contribution in [1.82, 2.24) is 4.90 Å². The van der Waals surface area contributed by atoms with Crippen molar-refractivity contribution in [1.29, 1.82) is 0 Å². The number of nitrogens with zero attached hydrogens (tertiary/aromatic N) is 2. The Morgan fingerprint density at radius 3 is 2.38 bits per heavy atom. The normalized spacial score (nSPS) is 17.7. The number of esters is 1. The van der Waals surface area contributed by atoms with Gasteiger partial charge in [0.05, 0.1) is 18.2 Å². The first-order valence-corrected chi connectivity index (χ1v) is 14.5. The van der Waals surface area contributed by atoms with Crippen molar-refractivity contribution >= 4 is 40.2 Å². The van der Waals surface area contributed by atoms with Crippen LogP contribution in [0.2, 0.25) is 0 Å². The van der Waals surface area contributed by atoms with E-state index in [4.69, 9.17) is 4.74 Å². The largest absolute Gasteiger partial charge is 0.465 e. The maximum atomic E-state index is 12.9. The van der Waals surface area contributed by atoms with Gasteiger partial charge in [-0.25, -0.2) is 4.79 Å². The molecule has 7 heteroatoms. The third kappa shape index (κ3) is 6.60. The number of carbonyl (C=O) groups excluding carboxylic acids is 2. The first-order valence-electron chi connectivity index (χ1n) is 13.6. The lowest BCUT2D eigenvalue weighted by atomic mass is 9.73. The van der Waals surface area contributed by atoms with Crippen LogP contribution in [0.5, 0.6) is 0 Å². The lowest BCUT2D eigenvalue weighted by molar-refractivity contribution is 0.0600. The van der Waals surface area contributed by atoms with Crippen LogP contribution < -0.4 is 10.2 Å². The molecule has 3 aromatic rings. The fraction of sp³-hybridized carbons (Fsp3) is 0.375. The number of nitrogens with one attached hydrogen (secondary N) is 1. The number of hydrogen-bond donors (Lipinski definition) is 1. The molecule has 1 aliphatic carbocycles. The molecule has 0 unspecified atom stereocenters. The summed E-state index contributed by atoms with van der Waals surface area (Å²) in [5, 5.41) is 5.00. The Bertz CT molecular complexity index is 1340. The summed E-state index contributed by atoms with van der Waals surface area (Å²) in [5.41, 5.74) is 6.45. The zero-order chi connectivity index (χ0) is 27.4. The van der Waals surface area contributed by atoms with Crippen LogP contribution in [0.15, 0.2) is 71.6 Å². The number of benzene rings is 2. The van der Waals surface area contributed by atoms with Gasteiger partial charge in [0.1, 0.15) is 0 Å². The van der Waals surface area contributed by atoms with E-state index in [0.29, 0.717) is 5.56 Å². The van der Waals surface area contributed by atoms with Crippen LogP contribution in [0.25, 0.3) is 5.57 Å². The van der Waals surface area contributed by atoms with E-state index >= 15 is 0 Å². The number of hydrogen-bond acceptors (Lipinski definition) is 6. The van der Waals surface area contributed by atoms with Crippen LogP contribution in [0.4, 0.5) is 11.4 Å². The molecule has 1 aromatic heterocycles. The van der Waals surface area contributed by atoms with Crippen molar-refractivity contribution in [3.05, 3.63) is 87.6 Å². The van der Waals surface area contributed by atoms with Crippen LogP contribution in [0.3, 0.4) is 0 Å². The Kier molecular flexibility index (Phi) is 8.19. The van der Waals surface area contributed by atoms with Crippen LogP contribution in [-0.2, 0) is 4.74 Å². The first-order chi connectivity index (χ1) is 18.8. The molecule has 0 radical (unpaired) electrons. The number of allylic oxidation sites excluding steroid dienone is 1. The molecule has 1 amide bonds. The summed E-state index contributed by atoms with van der Waals surface area (Å²) >= 11 is 1.69. The average Bonchev–Trinajstić information content (AvgIpc) is 3.45. The van der Waals surface area contributed by atoms with E-state index in [-0.39, 0.29) is 17.3 Å². The monoisotopic (exact) mass is 543 g/mol. The highest BCUT2D eigenvalue weighted by atomic mass is 32.1. The first kappa shape index (κ1) is 27.2. The Balaban J connectivity index is 1.26. The van der Waals surface area contributed by atoms with Gasteiger partial charge in [-0.3, -0.25) is 9.69 Å². The average molecular weight is 544 g/mol. The molecule has 5 rings (SSSR count). The van der Waals surface area contributed by atoms with Crippen molar-refractivity contribution in [3.63, 3.8) is 0 Å². The van der Waals surface area contributed by atoms with Gasteiger partial charge in [-0.2, -0.15) is 0 Å². The van der Waals surface area contributed by atoms with E-state index in [0.717, 1.165) is 62.5 Å². The third-order valence-electron chi connectivity index (χ3n) is 7.82. The molecule has 1 fully saturated rings. The predicted molar refractivity (Wildman–Crippen MR) is 160 cm³/mol. The molecule has 2 aliphatic rings. The van der Waals surface area contributed by atoms with Gasteiger partial charge in [0.2, 0.25) is 0 Å². The Hall–Kier alpha value is -3.42. The van der Waals surface area contributed by atoms with Crippen molar-refractivity contribution in [2.75, 3.05) is 50.1 Å². The van der Waals surface area contributed by atoms with Crippen molar-refractivity contribution < 1.29 is 14.3 Å². The number of anilines is 2. The van der Waals surface area contributed by atoms with Crippen LogP contribution in [-0.4, -0.2) is 56.6 Å². The van der Waals surface area contributed by atoms with E-state index in [1.165, 1.54) is 29.6 Å². The number of thiophene rings is 1. The van der Waals surface area contributed by atoms with Crippen LogP contribution in [0.1, 0.15) is 58.7 Å². The fourth-order valence-electron chi connectivity index (χ4n) is 5.47. The molecule has 1 aliphatic heterocycles. The second kappa shape index (κ2) is 11.8. The second-order valence-corrected chi connectivity index (χ2v) is 12.2. The predicted octanol–water partition coefficient (Wildman–Crippen LogP) is 6.57. The van der Waals surface area contributed by atoms with Gasteiger partial charge in [-0.05, 0) is 72.7 Å². The van der Waals surface area contributed by atoms with Gasteiger partial charge >= 0.3 is 5.97 Å². The zero-order valence-corrected chi connectivity index (χ0v) is 23.9. The molecule has 1 saturated heterocycles. The summed E-state index contributed by atoms with van der Waals surface area (Å²) in [5.74, 6) is -0.363. The maximum Gasteiger partial charge on any atom is 0.337 e. The highest BCUT2D eigenvalue weighted by Crippen LogP contribution is 2.44. The van der Waals surface area contributed by atoms with E-state index in [1.54, 1.807) is 11.3 Å². The van der Waals surface area contributed by atoms with Crippen molar-refractivity contribution in [2.45, 2.75) is 33.1 Å². The van der Waals surface area contributed by atoms with E-state index in [2.05, 4.69) is 35.0 Å². The van der Waals surface area contributed by atoms with Crippen molar-refractivity contribution in [3.8, 4) is 0 Å². The summed E-state index contributed by atoms with van der Waals surface area (Å²) in [6, 6.07) is 19.4. The summed E-state index contributed by atoms with van der Waals surface area (Å²) in [7, 11) is 1.41. The molecule has 0 bridgehead atoms. The minimum absolute atomic E-state index is 0.0586. The van der Waals surface area contributed by atoms with Gasteiger partial charge in [-0.15, -0.1) is 11.3 Å². The molecule has 204 valence electrons. The molecule has 0 spiro atoms. The molecule has 2 heterocycles. The van der Waals surface area contributed by atoms with Crippen molar-refractivity contribution in [2.24, 2.45) is 5.41 Å². The number of carbonyl (C=O) groups is 2. The summed E-state index contributed by atoms with van der Waals surface area (Å²) < 4.78 is 4.82. The van der Waals surface area contributed by atoms with Crippen LogP contribution in [0, 0.1) is 5.41 Å². The molecular weight excluding hydrogens is 506 g/mol. The lowest BCUT2D eigenvalue weighted by Crippen LogP contribution is -2.47. The lowest BCUT2D eigenvalue weighted by Gasteiger charge is -2.39. The Morgan fingerprint density at radius 1 is 0.974 bits per heavy atom. The zero-order valence-electron chi connectivity index (χ0n) is 23.0. The summed E-state index contributed by atoms with van der Waals surface area (Å²) in [6.07, 6.45) is 3.32. The minimum Gasteiger partial charge on any atom is -0.465 e. The second-order valence-electron chi connectivity index (χ2n) is 11.2. The van der Waals surface area contributed by atoms with Gasteiger partial charge < -0.3 is 15.0 Å².